The molecular weight excluding hydrogens is 404 g/mol. The zero-order chi connectivity index (χ0) is 22.7. The second-order valence-corrected chi connectivity index (χ2v) is 7.29. The van der Waals surface area contributed by atoms with Gasteiger partial charge < -0.3 is 14.2 Å². The van der Waals surface area contributed by atoms with E-state index in [9.17, 15) is 19.7 Å². The third-order valence-corrected chi connectivity index (χ3v) is 5.50. The molecule has 0 saturated heterocycles. The second-order valence-electron chi connectivity index (χ2n) is 7.29. The third-order valence-electron chi connectivity index (χ3n) is 5.50. The van der Waals surface area contributed by atoms with Gasteiger partial charge in [-0.05, 0) is 25.8 Å². The largest absolute Gasteiger partial charge is 0.493 e. The number of carbonyl (C=O) groups excluding carboxylic acids is 2. The number of ether oxygens (including phenoxy) is 3. The Morgan fingerprint density at radius 1 is 1.29 bits per heavy atom. The summed E-state index contributed by atoms with van der Waals surface area (Å²) >= 11 is 0. The highest BCUT2D eigenvalue weighted by molar-refractivity contribution is 6.09. The van der Waals surface area contributed by atoms with E-state index in [0.29, 0.717) is 36.2 Å². The van der Waals surface area contributed by atoms with E-state index in [1.54, 1.807) is 6.92 Å². The summed E-state index contributed by atoms with van der Waals surface area (Å²) in [5.74, 6) is -2.27. The van der Waals surface area contributed by atoms with Crippen LogP contribution in [0, 0.1) is 16.0 Å². The Morgan fingerprint density at radius 3 is 2.58 bits per heavy atom. The molecule has 1 aromatic rings. The van der Waals surface area contributed by atoms with Gasteiger partial charge in [-0.25, -0.2) is 0 Å². The Hall–Kier alpha value is -3.49. The minimum Gasteiger partial charge on any atom is -0.493 e. The van der Waals surface area contributed by atoms with Crippen LogP contribution in [0.4, 0.5) is 5.69 Å². The monoisotopic (exact) mass is 428 g/mol. The molecule has 0 aromatic heterocycles. The summed E-state index contributed by atoms with van der Waals surface area (Å²) in [7, 11) is 2.78. The van der Waals surface area contributed by atoms with Crippen molar-refractivity contribution in [3.8, 4) is 11.5 Å². The SMILES string of the molecule is C=CCOC(=O)C1C(C)=NC2=C(C(=O)CCC2)[C@H]1c1cc(OC)c(OC)cc1[N+](=O)[O-]. The van der Waals surface area contributed by atoms with Crippen LogP contribution in [0.1, 0.15) is 37.7 Å². The minimum atomic E-state index is -0.988. The van der Waals surface area contributed by atoms with Crippen LogP contribution >= 0.6 is 0 Å². The van der Waals surface area contributed by atoms with Gasteiger partial charge in [0.1, 0.15) is 12.5 Å². The van der Waals surface area contributed by atoms with Crippen molar-refractivity contribution in [1.29, 1.82) is 0 Å². The lowest BCUT2D eigenvalue weighted by molar-refractivity contribution is -0.385. The van der Waals surface area contributed by atoms with E-state index in [-0.39, 0.29) is 35.1 Å². The van der Waals surface area contributed by atoms with E-state index < -0.39 is 22.7 Å². The van der Waals surface area contributed by atoms with E-state index in [1.165, 1.54) is 32.4 Å². The highest BCUT2D eigenvalue weighted by Gasteiger charge is 2.46. The van der Waals surface area contributed by atoms with E-state index >= 15 is 0 Å². The zero-order valence-corrected chi connectivity index (χ0v) is 17.7. The Kier molecular flexibility index (Phi) is 6.53. The third kappa shape index (κ3) is 4.08. The Labute approximate surface area is 179 Å². The van der Waals surface area contributed by atoms with Crippen LogP contribution in [-0.2, 0) is 14.3 Å². The molecule has 0 spiro atoms. The summed E-state index contributed by atoms with van der Waals surface area (Å²) < 4.78 is 15.8. The molecule has 0 fully saturated rings. The molecule has 1 unspecified atom stereocenters. The van der Waals surface area contributed by atoms with Crippen LogP contribution in [0.3, 0.4) is 0 Å². The normalized spacial score (nSPS) is 20.5. The number of methoxy groups -OCH3 is 2. The first-order valence-corrected chi connectivity index (χ1v) is 9.83. The number of ketones is 1. The summed E-state index contributed by atoms with van der Waals surface area (Å²) in [4.78, 5) is 41.8. The second kappa shape index (κ2) is 9.11. The lowest BCUT2D eigenvalue weighted by atomic mass is 9.71. The first-order chi connectivity index (χ1) is 14.8. The molecule has 1 heterocycles. The van der Waals surface area contributed by atoms with E-state index in [0.717, 1.165) is 0 Å². The van der Waals surface area contributed by atoms with Gasteiger partial charge in [-0.15, -0.1) is 0 Å². The predicted octanol–water partition coefficient (Wildman–Crippen LogP) is 3.52. The highest BCUT2D eigenvalue weighted by Crippen LogP contribution is 2.48. The van der Waals surface area contributed by atoms with Gasteiger partial charge in [-0.2, -0.15) is 0 Å². The fourth-order valence-corrected chi connectivity index (χ4v) is 4.17. The van der Waals surface area contributed by atoms with Crippen molar-refractivity contribution in [2.75, 3.05) is 20.8 Å². The number of carbonyl (C=O) groups is 2. The molecule has 2 atom stereocenters. The number of hydrogen-bond donors (Lipinski definition) is 0. The van der Waals surface area contributed by atoms with Gasteiger partial charge in [0.15, 0.2) is 17.3 Å². The summed E-state index contributed by atoms with van der Waals surface area (Å²) in [6, 6.07) is 2.70. The molecule has 1 aromatic carbocycles. The lowest BCUT2D eigenvalue weighted by Crippen LogP contribution is -2.37. The maximum atomic E-state index is 13.0. The first-order valence-electron chi connectivity index (χ1n) is 9.83. The van der Waals surface area contributed by atoms with Gasteiger partial charge >= 0.3 is 5.97 Å². The number of nitrogens with zero attached hydrogens (tertiary/aromatic N) is 2. The lowest BCUT2D eigenvalue weighted by Gasteiger charge is -2.34. The number of esters is 1. The van der Waals surface area contributed by atoms with Gasteiger partial charge in [-0.3, -0.25) is 24.7 Å². The molecule has 0 saturated carbocycles. The molecule has 9 heteroatoms. The number of Topliss-reactive ketones (excluding diaryl/α,β-unsaturated/α-hetero) is 1. The standard InChI is InChI=1S/C22H24N2O7/c1-5-9-31-22(26)19-12(2)23-14-7-6-8-16(25)21(14)20(19)13-10-17(29-3)18(30-4)11-15(13)24(27)28/h5,10-11,19-20H,1,6-9H2,2-4H3/t19?,20-/m0/s1. The zero-order valence-electron chi connectivity index (χ0n) is 17.7. The maximum absolute atomic E-state index is 13.0. The van der Waals surface area contributed by atoms with Crippen molar-refractivity contribution in [3.63, 3.8) is 0 Å². The van der Waals surface area contributed by atoms with Crippen LogP contribution < -0.4 is 9.47 Å². The molecule has 1 aliphatic heterocycles. The Morgan fingerprint density at radius 2 is 1.97 bits per heavy atom. The Balaban J connectivity index is 2.29. The molecule has 31 heavy (non-hydrogen) atoms. The number of rotatable bonds is 7. The molecule has 0 bridgehead atoms. The van der Waals surface area contributed by atoms with Crippen LogP contribution in [-0.4, -0.2) is 43.2 Å². The van der Waals surface area contributed by atoms with Crippen molar-refractivity contribution in [2.24, 2.45) is 10.9 Å². The van der Waals surface area contributed by atoms with Crippen molar-refractivity contribution in [1.82, 2.24) is 0 Å². The van der Waals surface area contributed by atoms with E-state index in [1.807, 2.05) is 0 Å². The fraction of sp³-hybridized carbons (Fsp3) is 0.409. The van der Waals surface area contributed by atoms with Crippen molar-refractivity contribution in [3.05, 3.63) is 51.7 Å². The van der Waals surface area contributed by atoms with Gasteiger partial charge in [-0.1, -0.05) is 12.7 Å². The smallest absolute Gasteiger partial charge is 0.315 e. The minimum absolute atomic E-state index is 0.0246. The van der Waals surface area contributed by atoms with E-state index in [2.05, 4.69) is 11.6 Å². The number of benzene rings is 1. The molecule has 3 rings (SSSR count). The molecule has 164 valence electrons. The summed E-state index contributed by atoms with van der Waals surface area (Å²) in [5.41, 5.74) is 1.24. The van der Waals surface area contributed by atoms with Crippen LogP contribution in [0.5, 0.6) is 11.5 Å². The average Bonchev–Trinajstić information content (AvgIpc) is 2.75. The van der Waals surface area contributed by atoms with Gasteiger partial charge in [0.25, 0.3) is 5.69 Å². The molecule has 0 N–H and O–H groups in total. The van der Waals surface area contributed by atoms with Crippen LogP contribution in [0.2, 0.25) is 0 Å². The number of hydrogen-bond acceptors (Lipinski definition) is 8. The summed E-state index contributed by atoms with van der Waals surface area (Å²) in [6.45, 7) is 5.18. The summed E-state index contributed by atoms with van der Waals surface area (Å²) in [6.07, 6.45) is 2.92. The topological polar surface area (TPSA) is 117 Å². The predicted molar refractivity (Wildman–Crippen MR) is 113 cm³/mol. The molecule has 0 radical (unpaired) electrons. The number of aliphatic imine (C=N–C) groups is 1. The van der Waals surface area contributed by atoms with Gasteiger partial charge in [0, 0.05) is 34.9 Å². The number of nitro benzene ring substituents is 1. The molecule has 1 aliphatic carbocycles. The van der Waals surface area contributed by atoms with Crippen LogP contribution in [0.25, 0.3) is 0 Å². The number of nitro groups is 1. The molecule has 2 aliphatic rings. The number of allylic oxidation sites excluding steroid dienone is 2. The first kappa shape index (κ1) is 22.2. The average molecular weight is 428 g/mol. The molecule has 9 nitrogen and oxygen atoms in total. The van der Waals surface area contributed by atoms with Crippen molar-refractivity contribution in [2.45, 2.75) is 32.1 Å². The maximum Gasteiger partial charge on any atom is 0.315 e. The van der Waals surface area contributed by atoms with Crippen LogP contribution in [0.15, 0.2) is 41.1 Å². The quantitative estimate of drug-likeness (QED) is 0.282. The Bertz CT molecular complexity index is 1010. The van der Waals surface area contributed by atoms with Crippen molar-refractivity contribution >= 4 is 23.2 Å². The fourth-order valence-electron chi connectivity index (χ4n) is 4.17. The van der Waals surface area contributed by atoms with Crippen molar-refractivity contribution < 1.29 is 28.7 Å². The highest BCUT2D eigenvalue weighted by atomic mass is 16.6. The molecule has 0 amide bonds. The van der Waals surface area contributed by atoms with E-state index in [4.69, 9.17) is 14.2 Å². The molecular formula is C22H24N2O7. The van der Waals surface area contributed by atoms with Gasteiger partial charge in [0.05, 0.1) is 25.2 Å². The summed E-state index contributed by atoms with van der Waals surface area (Å²) in [5, 5.41) is 12.0. The van der Waals surface area contributed by atoms with Gasteiger partial charge in [0.2, 0.25) is 0 Å².